The van der Waals surface area contributed by atoms with Crippen molar-refractivity contribution in [3.63, 3.8) is 0 Å². The molecule has 0 saturated carbocycles. The zero-order valence-electron chi connectivity index (χ0n) is 16.2. The quantitative estimate of drug-likeness (QED) is 0.513. The van der Waals surface area contributed by atoms with Gasteiger partial charge in [-0.15, -0.1) is 0 Å². The molecule has 0 fully saturated rings. The van der Waals surface area contributed by atoms with Crippen LogP contribution in [-0.2, 0) is 13.1 Å². The number of rotatable bonds is 10. The summed E-state index contributed by atoms with van der Waals surface area (Å²) in [5.41, 5.74) is 2.13. The van der Waals surface area contributed by atoms with Crippen molar-refractivity contribution in [3.8, 4) is 5.75 Å². The monoisotopic (exact) mass is 396 g/mol. The van der Waals surface area contributed by atoms with Crippen LogP contribution in [0.3, 0.4) is 0 Å². The van der Waals surface area contributed by atoms with Gasteiger partial charge in [-0.3, -0.25) is 4.68 Å². The van der Waals surface area contributed by atoms with Crippen LogP contribution in [0, 0.1) is 5.82 Å². The summed E-state index contributed by atoms with van der Waals surface area (Å²) in [4.78, 5) is 11.9. The number of aromatic nitrogens is 2. The van der Waals surface area contributed by atoms with Gasteiger partial charge in [-0.2, -0.15) is 5.10 Å². The van der Waals surface area contributed by atoms with Crippen LogP contribution in [0.2, 0.25) is 0 Å². The molecule has 2 aromatic carbocycles. The van der Waals surface area contributed by atoms with Crippen LogP contribution < -0.4 is 15.4 Å². The van der Waals surface area contributed by atoms with Crippen LogP contribution in [0.25, 0.3) is 0 Å². The lowest BCUT2D eigenvalue weighted by atomic mass is 10.2. The summed E-state index contributed by atoms with van der Waals surface area (Å²) >= 11 is 0. The normalized spacial score (nSPS) is 10.5. The minimum absolute atomic E-state index is 0.208. The minimum atomic E-state index is -0.281. The first-order valence-electron chi connectivity index (χ1n) is 9.64. The zero-order chi connectivity index (χ0) is 20.3. The lowest BCUT2D eigenvalue weighted by molar-refractivity contribution is 0.239. The predicted molar refractivity (Wildman–Crippen MR) is 109 cm³/mol. The van der Waals surface area contributed by atoms with E-state index in [2.05, 4.69) is 27.9 Å². The maximum Gasteiger partial charge on any atom is 0.315 e. The summed E-state index contributed by atoms with van der Waals surface area (Å²) in [5.74, 6) is 0.362. The fraction of sp³-hybridized carbons (Fsp3) is 0.273. The minimum Gasteiger partial charge on any atom is -0.494 e. The van der Waals surface area contributed by atoms with Crippen LogP contribution in [0.1, 0.15) is 24.0 Å². The van der Waals surface area contributed by atoms with Gasteiger partial charge in [0.15, 0.2) is 0 Å². The summed E-state index contributed by atoms with van der Waals surface area (Å²) in [6, 6.07) is 15.8. The van der Waals surface area contributed by atoms with Gasteiger partial charge in [0.05, 0.1) is 19.3 Å². The third-order valence-corrected chi connectivity index (χ3v) is 4.27. The molecule has 0 aliphatic carbocycles. The van der Waals surface area contributed by atoms with E-state index in [-0.39, 0.29) is 11.8 Å². The topological polar surface area (TPSA) is 68.2 Å². The maximum atomic E-state index is 12.8. The molecule has 3 rings (SSSR count). The second kappa shape index (κ2) is 10.8. The molecule has 0 saturated heterocycles. The fourth-order valence-electron chi connectivity index (χ4n) is 2.75. The van der Waals surface area contributed by atoms with Crippen molar-refractivity contribution in [1.29, 1.82) is 0 Å². The highest BCUT2D eigenvalue weighted by atomic mass is 19.1. The Hall–Kier alpha value is -3.35. The third kappa shape index (κ3) is 7.29. The molecule has 7 heteroatoms. The van der Waals surface area contributed by atoms with Gasteiger partial charge in [-0.1, -0.05) is 30.3 Å². The Morgan fingerprint density at radius 1 is 1.00 bits per heavy atom. The first-order valence-corrected chi connectivity index (χ1v) is 9.64. The zero-order valence-corrected chi connectivity index (χ0v) is 16.2. The highest BCUT2D eigenvalue weighted by molar-refractivity contribution is 5.73. The summed E-state index contributed by atoms with van der Waals surface area (Å²) < 4.78 is 20.2. The van der Waals surface area contributed by atoms with E-state index in [4.69, 9.17) is 4.74 Å². The molecule has 3 aromatic rings. The Balaban J connectivity index is 1.26. The van der Waals surface area contributed by atoms with E-state index >= 15 is 0 Å². The van der Waals surface area contributed by atoms with Gasteiger partial charge in [0.1, 0.15) is 11.6 Å². The largest absolute Gasteiger partial charge is 0.494 e. The number of benzene rings is 2. The summed E-state index contributed by atoms with van der Waals surface area (Å²) in [7, 11) is 0. The molecule has 1 aromatic heterocycles. The van der Waals surface area contributed by atoms with Crippen LogP contribution in [0.5, 0.6) is 5.75 Å². The first-order chi connectivity index (χ1) is 14.2. The number of nitrogens with one attached hydrogen (secondary N) is 2. The van der Waals surface area contributed by atoms with Gasteiger partial charge in [0, 0.05) is 24.8 Å². The van der Waals surface area contributed by atoms with Crippen molar-refractivity contribution in [2.45, 2.75) is 25.9 Å². The summed E-state index contributed by atoms with van der Waals surface area (Å²) in [6.07, 6.45) is 5.28. The predicted octanol–water partition coefficient (Wildman–Crippen LogP) is 3.73. The molecule has 0 atom stereocenters. The maximum absolute atomic E-state index is 12.8. The Morgan fingerprint density at radius 2 is 1.79 bits per heavy atom. The summed E-state index contributed by atoms with van der Waals surface area (Å²) in [5, 5.41) is 9.98. The molecule has 0 unspecified atom stereocenters. The molecule has 152 valence electrons. The highest BCUT2D eigenvalue weighted by Gasteiger charge is 2.03. The summed E-state index contributed by atoms with van der Waals surface area (Å²) in [6.45, 7) is 2.21. The van der Waals surface area contributed by atoms with E-state index in [1.807, 2.05) is 29.1 Å². The third-order valence-electron chi connectivity index (χ3n) is 4.27. The number of hydrogen-bond donors (Lipinski definition) is 2. The van der Waals surface area contributed by atoms with Crippen LogP contribution in [0.15, 0.2) is 67.0 Å². The number of urea groups is 1. The Labute approximate surface area is 169 Å². The van der Waals surface area contributed by atoms with Crippen molar-refractivity contribution in [1.82, 2.24) is 20.4 Å². The average Bonchev–Trinajstić information content (AvgIpc) is 3.18. The van der Waals surface area contributed by atoms with Crippen molar-refractivity contribution in [3.05, 3.63) is 83.9 Å². The number of carbonyl (C=O) groups excluding carboxylic acids is 1. The van der Waals surface area contributed by atoms with Crippen LogP contribution >= 0.6 is 0 Å². The molecule has 29 heavy (non-hydrogen) atoms. The number of halogens is 1. The number of amides is 2. The van der Waals surface area contributed by atoms with Gasteiger partial charge in [0.25, 0.3) is 0 Å². The average molecular weight is 396 g/mol. The molecule has 1 heterocycles. The highest BCUT2D eigenvalue weighted by Crippen LogP contribution is 2.11. The van der Waals surface area contributed by atoms with Crippen molar-refractivity contribution in [2.75, 3.05) is 13.2 Å². The lowest BCUT2D eigenvalue weighted by Crippen LogP contribution is -2.35. The smallest absolute Gasteiger partial charge is 0.315 e. The van der Waals surface area contributed by atoms with Gasteiger partial charge < -0.3 is 15.4 Å². The van der Waals surface area contributed by atoms with E-state index in [9.17, 15) is 9.18 Å². The van der Waals surface area contributed by atoms with Crippen LogP contribution in [-0.4, -0.2) is 29.0 Å². The molecule has 0 radical (unpaired) electrons. The van der Waals surface area contributed by atoms with Crippen molar-refractivity contribution in [2.24, 2.45) is 0 Å². The van der Waals surface area contributed by atoms with Gasteiger partial charge in [-0.25, -0.2) is 9.18 Å². The molecule has 2 amide bonds. The standard InChI is InChI=1S/C22H25FN4O2/c23-20-8-10-21(11-9-20)29-13-5-4-12-24-22(28)25-14-19-15-26-27(17-19)16-18-6-2-1-3-7-18/h1-3,6-11,15,17H,4-5,12-14,16H2,(H2,24,25,28). The lowest BCUT2D eigenvalue weighted by Gasteiger charge is -2.08. The van der Waals surface area contributed by atoms with E-state index in [1.54, 1.807) is 18.3 Å². The number of hydrogen-bond acceptors (Lipinski definition) is 3. The van der Waals surface area contributed by atoms with E-state index in [0.717, 1.165) is 18.4 Å². The molecule has 0 spiro atoms. The molecular weight excluding hydrogens is 371 g/mol. The van der Waals surface area contributed by atoms with E-state index in [0.29, 0.717) is 32.0 Å². The molecule has 2 N–H and O–H groups in total. The second-order valence-corrected chi connectivity index (χ2v) is 6.65. The molecule has 0 aliphatic heterocycles. The Kier molecular flexibility index (Phi) is 7.63. The van der Waals surface area contributed by atoms with E-state index in [1.165, 1.54) is 17.7 Å². The number of ether oxygens (including phenoxy) is 1. The van der Waals surface area contributed by atoms with Crippen molar-refractivity contribution < 1.29 is 13.9 Å². The van der Waals surface area contributed by atoms with Gasteiger partial charge >= 0.3 is 6.03 Å². The fourth-order valence-corrected chi connectivity index (χ4v) is 2.75. The molecule has 0 aliphatic rings. The number of nitrogens with zero attached hydrogens (tertiary/aromatic N) is 2. The van der Waals surface area contributed by atoms with E-state index < -0.39 is 0 Å². The number of unbranched alkanes of at least 4 members (excludes halogenated alkanes) is 1. The Morgan fingerprint density at radius 3 is 2.59 bits per heavy atom. The molecular formula is C22H25FN4O2. The van der Waals surface area contributed by atoms with Gasteiger partial charge in [-0.05, 0) is 42.7 Å². The second-order valence-electron chi connectivity index (χ2n) is 6.65. The Bertz CT molecular complexity index is 881. The van der Waals surface area contributed by atoms with Crippen molar-refractivity contribution >= 4 is 6.03 Å². The first kappa shape index (κ1) is 20.4. The molecule has 6 nitrogen and oxygen atoms in total. The number of carbonyl (C=O) groups is 1. The SMILES string of the molecule is O=C(NCCCCOc1ccc(F)cc1)NCc1cnn(Cc2ccccc2)c1. The molecule has 0 bridgehead atoms. The van der Waals surface area contributed by atoms with Crippen LogP contribution in [0.4, 0.5) is 9.18 Å². The van der Waals surface area contributed by atoms with Gasteiger partial charge in [0.2, 0.25) is 0 Å².